The zero-order chi connectivity index (χ0) is 11.8. The molecular weight excluding hydrogens is 214 g/mol. The Hall–Kier alpha value is 0.310. The molecule has 96 valence electrons. The number of nitrogens with one attached hydrogen (secondary N) is 1. The first-order chi connectivity index (χ1) is 7.72. The first kappa shape index (κ1) is 14.4. The quantitative estimate of drug-likeness (QED) is 0.723. The molecule has 2 heteroatoms. The van der Waals surface area contributed by atoms with Gasteiger partial charge in [-0.3, -0.25) is 0 Å². The SMILES string of the molecule is CCC(C)CSC(C)CNC1CCCCC1. The highest BCUT2D eigenvalue weighted by Crippen LogP contribution is 2.19. The van der Waals surface area contributed by atoms with Gasteiger partial charge in [-0.1, -0.05) is 46.5 Å². The lowest BCUT2D eigenvalue weighted by Crippen LogP contribution is -2.35. The molecule has 1 aliphatic rings. The predicted molar refractivity (Wildman–Crippen MR) is 76.3 cm³/mol. The van der Waals surface area contributed by atoms with E-state index in [1.807, 2.05) is 0 Å². The van der Waals surface area contributed by atoms with Crippen LogP contribution < -0.4 is 5.32 Å². The highest BCUT2D eigenvalue weighted by atomic mass is 32.2. The van der Waals surface area contributed by atoms with Crippen LogP contribution >= 0.6 is 11.8 Å². The fourth-order valence-electron chi connectivity index (χ4n) is 2.14. The second-order valence-electron chi connectivity index (χ2n) is 5.40. The molecule has 1 aliphatic carbocycles. The van der Waals surface area contributed by atoms with Gasteiger partial charge in [0.2, 0.25) is 0 Å². The molecule has 2 atom stereocenters. The Balaban J connectivity index is 2.02. The molecule has 1 N–H and O–H groups in total. The van der Waals surface area contributed by atoms with E-state index in [2.05, 4.69) is 37.8 Å². The van der Waals surface area contributed by atoms with Crippen molar-refractivity contribution in [1.29, 1.82) is 0 Å². The van der Waals surface area contributed by atoms with Crippen molar-refractivity contribution in [3.63, 3.8) is 0 Å². The average Bonchev–Trinajstić information content (AvgIpc) is 2.34. The van der Waals surface area contributed by atoms with Gasteiger partial charge in [-0.05, 0) is 24.5 Å². The fourth-order valence-corrected chi connectivity index (χ4v) is 3.25. The molecule has 16 heavy (non-hydrogen) atoms. The lowest BCUT2D eigenvalue weighted by Gasteiger charge is -2.24. The molecule has 2 unspecified atom stereocenters. The van der Waals surface area contributed by atoms with Crippen molar-refractivity contribution in [2.45, 2.75) is 70.6 Å². The molecule has 0 aromatic carbocycles. The Morgan fingerprint density at radius 2 is 1.88 bits per heavy atom. The van der Waals surface area contributed by atoms with Crippen LogP contribution in [0.2, 0.25) is 0 Å². The van der Waals surface area contributed by atoms with Gasteiger partial charge in [-0.15, -0.1) is 0 Å². The molecule has 0 saturated heterocycles. The van der Waals surface area contributed by atoms with Crippen molar-refractivity contribution in [2.24, 2.45) is 5.92 Å². The van der Waals surface area contributed by atoms with E-state index in [0.29, 0.717) is 0 Å². The van der Waals surface area contributed by atoms with Crippen LogP contribution in [-0.4, -0.2) is 23.6 Å². The summed E-state index contributed by atoms with van der Waals surface area (Å²) in [5, 5.41) is 4.52. The van der Waals surface area contributed by atoms with Gasteiger partial charge in [0.1, 0.15) is 0 Å². The summed E-state index contributed by atoms with van der Waals surface area (Å²) in [6.45, 7) is 8.21. The molecular formula is C14H29NS. The maximum atomic E-state index is 3.74. The van der Waals surface area contributed by atoms with Crippen molar-refractivity contribution in [1.82, 2.24) is 5.32 Å². The smallest absolute Gasteiger partial charge is 0.0144 e. The fraction of sp³-hybridized carbons (Fsp3) is 1.00. The van der Waals surface area contributed by atoms with Crippen LogP contribution in [0.5, 0.6) is 0 Å². The lowest BCUT2D eigenvalue weighted by atomic mass is 9.95. The molecule has 0 aliphatic heterocycles. The summed E-state index contributed by atoms with van der Waals surface area (Å²) >= 11 is 2.14. The maximum Gasteiger partial charge on any atom is 0.0144 e. The van der Waals surface area contributed by atoms with E-state index >= 15 is 0 Å². The van der Waals surface area contributed by atoms with Gasteiger partial charge in [0.25, 0.3) is 0 Å². The van der Waals surface area contributed by atoms with Gasteiger partial charge in [0.05, 0.1) is 0 Å². The Morgan fingerprint density at radius 3 is 2.50 bits per heavy atom. The van der Waals surface area contributed by atoms with Crippen LogP contribution in [0.1, 0.15) is 59.3 Å². The summed E-state index contributed by atoms with van der Waals surface area (Å²) in [5.74, 6) is 2.20. The average molecular weight is 243 g/mol. The lowest BCUT2D eigenvalue weighted by molar-refractivity contribution is 0.375. The normalized spacial score (nSPS) is 21.9. The standard InChI is InChI=1S/C14H29NS/c1-4-12(2)11-16-13(3)10-15-14-8-6-5-7-9-14/h12-15H,4-11H2,1-3H3. The molecule has 1 rings (SSSR count). The van der Waals surface area contributed by atoms with Crippen LogP contribution in [0.3, 0.4) is 0 Å². The number of hydrogen-bond donors (Lipinski definition) is 1. The summed E-state index contributed by atoms with van der Waals surface area (Å²) < 4.78 is 0. The second-order valence-corrected chi connectivity index (χ2v) is 6.87. The third-order valence-electron chi connectivity index (χ3n) is 3.66. The van der Waals surface area contributed by atoms with Gasteiger partial charge in [0, 0.05) is 17.8 Å². The van der Waals surface area contributed by atoms with E-state index in [4.69, 9.17) is 0 Å². The van der Waals surface area contributed by atoms with Gasteiger partial charge in [-0.2, -0.15) is 11.8 Å². The van der Waals surface area contributed by atoms with Crippen molar-refractivity contribution in [3.05, 3.63) is 0 Å². The maximum absolute atomic E-state index is 3.74. The van der Waals surface area contributed by atoms with Crippen molar-refractivity contribution < 1.29 is 0 Å². The molecule has 1 fully saturated rings. The van der Waals surface area contributed by atoms with E-state index in [1.165, 1.54) is 50.8 Å². The summed E-state index contributed by atoms with van der Waals surface area (Å²) in [7, 11) is 0. The topological polar surface area (TPSA) is 12.0 Å². The van der Waals surface area contributed by atoms with Gasteiger partial charge >= 0.3 is 0 Å². The van der Waals surface area contributed by atoms with E-state index in [0.717, 1.165) is 17.2 Å². The zero-order valence-electron chi connectivity index (χ0n) is 11.3. The van der Waals surface area contributed by atoms with Crippen LogP contribution in [0.25, 0.3) is 0 Å². The second kappa shape index (κ2) is 8.41. The highest BCUT2D eigenvalue weighted by molar-refractivity contribution is 7.99. The third kappa shape index (κ3) is 6.15. The van der Waals surface area contributed by atoms with Gasteiger partial charge in [-0.25, -0.2) is 0 Å². The molecule has 0 bridgehead atoms. The Kier molecular flexibility index (Phi) is 7.55. The van der Waals surface area contributed by atoms with Crippen molar-refractivity contribution >= 4 is 11.8 Å². The summed E-state index contributed by atoms with van der Waals surface area (Å²) in [4.78, 5) is 0. The van der Waals surface area contributed by atoms with Crippen LogP contribution in [0.4, 0.5) is 0 Å². The first-order valence-electron chi connectivity index (χ1n) is 7.07. The molecule has 0 aromatic rings. The number of rotatable bonds is 7. The summed E-state index contributed by atoms with van der Waals surface area (Å²) in [6, 6.07) is 0.820. The first-order valence-corrected chi connectivity index (χ1v) is 8.12. The minimum absolute atomic E-state index is 0.774. The van der Waals surface area contributed by atoms with Crippen LogP contribution in [0, 0.1) is 5.92 Å². The molecule has 0 amide bonds. The molecule has 0 aromatic heterocycles. The van der Waals surface area contributed by atoms with E-state index < -0.39 is 0 Å². The van der Waals surface area contributed by atoms with E-state index in [9.17, 15) is 0 Å². The molecule has 0 radical (unpaired) electrons. The Labute approximate surface area is 106 Å². The zero-order valence-corrected chi connectivity index (χ0v) is 12.1. The summed E-state index contributed by atoms with van der Waals surface area (Å²) in [5.41, 5.74) is 0. The molecule has 0 spiro atoms. The predicted octanol–water partition coefficient (Wildman–Crippen LogP) is 4.08. The monoisotopic (exact) mass is 243 g/mol. The Morgan fingerprint density at radius 1 is 1.19 bits per heavy atom. The number of hydrogen-bond acceptors (Lipinski definition) is 2. The van der Waals surface area contributed by atoms with Crippen LogP contribution in [-0.2, 0) is 0 Å². The van der Waals surface area contributed by atoms with Crippen molar-refractivity contribution in [2.75, 3.05) is 12.3 Å². The molecule has 1 saturated carbocycles. The molecule has 0 heterocycles. The van der Waals surface area contributed by atoms with E-state index in [-0.39, 0.29) is 0 Å². The van der Waals surface area contributed by atoms with Crippen LogP contribution in [0.15, 0.2) is 0 Å². The van der Waals surface area contributed by atoms with Crippen molar-refractivity contribution in [3.8, 4) is 0 Å². The highest BCUT2D eigenvalue weighted by Gasteiger charge is 2.14. The largest absolute Gasteiger partial charge is 0.313 e. The minimum Gasteiger partial charge on any atom is -0.313 e. The minimum atomic E-state index is 0.774. The summed E-state index contributed by atoms with van der Waals surface area (Å²) in [6.07, 6.45) is 8.45. The van der Waals surface area contributed by atoms with Gasteiger partial charge < -0.3 is 5.32 Å². The molecule has 1 nitrogen and oxygen atoms in total. The number of thioether (sulfide) groups is 1. The third-order valence-corrected chi connectivity index (χ3v) is 5.16. The Bertz CT molecular complexity index is 166. The van der Waals surface area contributed by atoms with E-state index in [1.54, 1.807) is 0 Å². The van der Waals surface area contributed by atoms with Gasteiger partial charge in [0.15, 0.2) is 0 Å².